The average molecular weight is 318 g/mol. The highest BCUT2D eigenvalue weighted by molar-refractivity contribution is 7.05. The van der Waals surface area contributed by atoms with Crippen LogP contribution in [-0.2, 0) is 6.42 Å². The van der Waals surface area contributed by atoms with Crippen LogP contribution in [0.2, 0.25) is 0 Å². The predicted molar refractivity (Wildman–Crippen MR) is 71.1 cm³/mol. The molecule has 1 unspecified atom stereocenters. The number of rotatable bonds is 5. The first-order chi connectivity index (χ1) is 9.90. The van der Waals surface area contributed by atoms with Gasteiger partial charge in [-0.2, -0.15) is 0 Å². The summed E-state index contributed by atoms with van der Waals surface area (Å²) < 4.78 is 44.3. The molecule has 1 atom stereocenters. The predicted octanol–water partition coefficient (Wildman–Crippen LogP) is 3.47. The zero-order chi connectivity index (χ0) is 15.5. The Morgan fingerprint density at radius 3 is 2.81 bits per heavy atom. The minimum Gasteiger partial charge on any atom is -0.406 e. The van der Waals surface area contributed by atoms with E-state index in [0.29, 0.717) is 22.6 Å². The van der Waals surface area contributed by atoms with Crippen LogP contribution in [0.15, 0.2) is 24.3 Å². The van der Waals surface area contributed by atoms with Gasteiger partial charge in [0.05, 0.1) is 10.6 Å². The number of ether oxygens (including phenoxy) is 1. The number of nitrogens with zero attached hydrogens (tertiary/aromatic N) is 2. The molecule has 4 nitrogen and oxygen atoms in total. The maximum atomic E-state index is 12.2. The van der Waals surface area contributed by atoms with Crippen LogP contribution in [0.5, 0.6) is 5.75 Å². The SMILES string of the molecule is CCCc1nnsc1C(O)c1cccc(OC(F)(F)F)c1. The summed E-state index contributed by atoms with van der Waals surface area (Å²) in [5.41, 5.74) is 0.970. The Morgan fingerprint density at radius 2 is 2.14 bits per heavy atom. The molecule has 0 aliphatic heterocycles. The van der Waals surface area contributed by atoms with E-state index in [-0.39, 0.29) is 5.75 Å². The fraction of sp³-hybridized carbons (Fsp3) is 0.385. The molecule has 1 aromatic heterocycles. The van der Waals surface area contributed by atoms with Gasteiger partial charge in [0.25, 0.3) is 0 Å². The molecular formula is C13H13F3N2O2S. The second kappa shape index (κ2) is 6.40. The van der Waals surface area contributed by atoms with Crippen LogP contribution in [0.3, 0.4) is 0 Å². The fourth-order valence-corrected chi connectivity index (χ4v) is 2.58. The summed E-state index contributed by atoms with van der Waals surface area (Å²) in [6, 6.07) is 5.27. The van der Waals surface area contributed by atoms with E-state index in [1.165, 1.54) is 18.2 Å². The smallest absolute Gasteiger partial charge is 0.406 e. The summed E-state index contributed by atoms with van der Waals surface area (Å²) in [5, 5.41) is 14.2. The largest absolute Gasteiger partial charge is 0.573 e. The lowest BCUT2D eigenvalue weighted by atomic mass is 10.1. The zero-order valence-electron chi connectivity index (χ0n) is 11.1. The van der Waals surface area contributed by atoms with Crippen LogP contribution in [0.4, 0.5) is 13.2 Å². The van der Waals surface area contributed by atoms with Crippen LogP contribution < -0.4 is 4.74 Å². The lowest BCUT2D eigenvalue weighted by Gasteiger charge is -2.13. The molecule has 21 heavy (non-hydrogen) atoms. The first kappa shape index (κ1) is 15.7. The van der Waals surface area contributed by atoms with Crippen molar-refractivity contribution in [3.8, 4) is 5.75 Å². The fourth-order valence-electron chi connectivity index (χ4n) is 1.87. The van der Waals surface area contributed by atoms with Crippen LogP contribution in [0.1, 0.15) is 35.6 Å². The first-order valence-electron chi connectivity index (χ1n) is 6.25. The van der Waals surface area contributed by atoms with E-state index in [0.717, 1.165) is 24.0 Å². The highest BCUT2D eigenvalue weighted by Crippen LogP contribution is 2.31. The van der Waals surface area contributed by atoms with Crippen LogP contribution >= 0.6 is 11.5 Å². The van der Waals surface area contributed by atoms with E-state index in [1.54, 1.807) is 0 Å². The summed E-state index contributed by atoms with van der Waals surface area (Å²) >= 11 is 1.04. The molecule has 0 aliphatic carbocycles. The number of alkyl halides is 3. The van der Waals surface area contributed by atoms with E-state index >= 15 is 0 Å². The van der Waals surface area contributed by atoms with Gasteiger partial charge in [-0.05, 0) is 35.6 Å². The highest BCUT2D eigenvalue weighted by atomic mass is 32.1. The number of benzene rings is 1. The molecule has 0 fully saturated rings. The summed E-state index contributed by atoms with van der Waals surface area (Å²) in [6.45, 7) is 1.97. The number of aromatic nitrogens is 2. The Morgan fingerprint density at radius 1 is 1.38 bits per heavy atom. The van der Waals surface area contributed by atoms with Gasteiger partial charge in [0.15, 0.2) is 0 Å². The van der Waals surface area contributed by atoms with Crippen molar-refractivity contribution in [3.05, 3.63) is 40.4 Å². The maximum absolute atomic E-state index is 12.2. The zero-order valence-corrected chi connectivity index (χ0v) is 11.9. The first-order valence-corrected chi connectivity index (χ1v) is 7.03. The summed E-state index contributed by atoms with van der Waals surface area (Å²) in [4.78, 5) is 0.543. The van der Waals surface area contributed by atoms with E-state index in [4.69, 9.17) is 0 Å². The van der Waals surface area contributed by atoms with Crippen molar-refractivity contribution in [1.82, 2.24) is 9.59 Å². The topological polar surface area (TPSA) is 55.2 Å². The van der Waals surface area contributed by atoms with Crippen molar-refractivity contribution in [2.24, 2.45) is 0 Å². The third-order valence-electron chi connectivity index (χ3n) is 2.73. The van der Waals surface area contributed by atoms with E-state index in [2.05, 4.69) is 14.3 Å². The van der Waals surface area contributed by atoms with E-state index in [1.807, 2.05) is 6.92 Å². The van der Waals surface area contributed by atoms with Gasteiger partial charge in [0.2, 0.25) is 0 Å². The van der Waals surface area contributed by atoms with Gasteiger partial charge >= 0.3 is 6.36 Å². The second-order valence-electron chi connectivity index (χ2n) is 4.36. The molecule has 2 rings (SSSR count). The number of halogens is 3. The Kier molecular flexibility index (Phi) is 4.79. The van der Waals surface area contributed by atoms with Crippen molar-refractivity contribution in [3.63, 3.8) is 0 Å². The van der Waals surface area contributed by atoms with Gasteiger partial charge in [-0.25, -0.2) is 0 Å². The summed E-state index contributed by atoms with van der Waals surface area (Å²) in [7, 11) is 0. The average Bonchev–Trinajstić information content (AvgIpc) is 2.85. The highest BCUT2D eigenvalue weighted by Gasteiger charge is 2.31. The van der Waals surface area contributed by atoms with Gasteiger partial charge < -0.3 is 9.84 Å². The van der Waals surface area contributed by atoms with Crippen LogP contribution in [0, 0.1) is 0 Å². The molecule has 0 saturated heterocycles. The molecule has 0 saturated carbocycles. The molecule has 0 radical (unpaired) electrons. The van der Waals surface area contributed by atoms with Gasteiger partial charge in [-0.1, -0.05) is 30.0 Å². The third kappa shape index (κ3) is 4.15. The molecular weight excluding hydrogens is 305 g/mol. The van der Waals surface area contributed by atoms with E-state index < -0.39 is 12.5 Å². The molecule has 0 spiro atoms. The van der Waals surface area contributed by atoms with Gasteiger partial charge in [0, 0.05) is 0 Å². The van der Waals surface area contributed by atoms with Gasteiger partial charge in [-0.15, -0.1) is 18.3 Å². The number of hydrogen-bond acceptors (Lipinski definition) is 5. The van der Waals surface area contributed by atoms with Crippen molar-refractivity contribution in [2.75, 3.05) is 0 Å². The Labute approximate surface area is 123 Å². The molecule has 1 heterocycles. The van der Waals surface area contributed by atoms with Crippen LogP contribution in [-0.4, -0.2) is 21.1 Å². The van der Waals surface area contributed by atoms with Gasteiger partial charge in [-0.3, -0.25) is 0 Å². The monoisotopic (exact) mass is 318 g/mol. The van der Waals surface area contributed by atoms with Crippen molar-refractivity contribution in [1.29, 1.82) is 0 Å². The van der Waals surface area contributed by atoms with Crippen LogP contribution in [0.25, 0.3) is 0 Å². The molecule has 1 N–H and O–H groups in total. The number of hydrogen-bond donors (Lipinski definition) is 1. The second-order valence-corrected chi connectivity index (χ2v) is 5.14. The van der Waals surface area contributed by atoms with E-state index in [9.17, 15) is 18.3 Å². The lowest BCUT2D eigenvalue weighted by molar-refractivity contribution is -0.274. The normalized spacial score (nSPS) is 13.2. The Bertz CT molecular complexity index is 601. The summed E-state index contributed by atoms with van der Waals surface area (Å²) in [5.74, 6) is -0.367. The molecule has 0 bridgehead atoms. The molecule has 8 heteroatoms. The quantitative estimate of drug-likeness (QED) is 0.917. The summed E-state index contributed by atoms with van der Waals surface area (Å²) in [6.07, 6.45) is -4.34. The molecule has 1 aromatic carbocycles. The van der Waals surface area contributed by atoms with Crippen molar-refractivity contribution < 1.29 is 23.0 Å². The molecule has 114 valence electrons. The van der Waals surface area contributed by atoms with Gasteiger partial charge in [0.1, 0.15) is 11.9 Å². The number of aliphatic hydroxyl groups is 1. The number of aliphatic hydroxyl groups excluding tert-OH is 1. The minimum absolute atomic E-state index is 0.306. The number of aryl methyl sites for hydroxylation is 1. The third-order valence-corrected chi connectivity index (χ3v) is 3.55. The standard InChI is InChI=1S/C13H13F3N2O2S/c1-2-4-10-12(21-18-17-10)11(19)8-5-3-6-9(7-8)20-13(14,15)16/h3,5-7,11,19H,2,4H2,1H3. The molecule has 2 aromatic rings. The molecule has 0 aliphatic rings. The Hall–Kier alpha value is -1.67. The van der Waals surface area contributed by atoms with Crippen molar-refractivity contribution >= 4 is 11.5 Å². The van der Waals surface area contributed by atoms with Crippen molar-refractivity contribution in [2.45, 2.75) is 32.2 Å². The Balaban J connectivity index is 2.24. The maximum Gasteiger partial charge on any atom is 0.573 e. The lowest BCUT2D eigenvalue weighted by Crippen LogP contribution is -2.17. The minimum atomic E-state index is -4.76. The molecule has 0 amide bonds.